The van der Waals surface area contributed by atoms with E-state index in [1.807, 2.05) is 12.1 Å². The van der Waals surface area contributed by atoms with E-state index in [-0.39, 0.29) is 5.41 Å². The largest absolute Gasteiger partial charge is 0.295 e. The third-order valence-electron chi connectivity index (χ3n) is 4.03. The number of carbonyl (C=O) groups excluding carboxylic acids is 1. The molecule has 82 valence electrons. The van der Waals surface area contributed by atoms with Gasteiger partial charge >= 0.3 is 0 Å². The molecule has 1 nitrogen and oxygen atoms in total. The van der Waals surface area contributed by atoms with Crippen LogP contribution in [0.3, 0.4) is 0 Å². The third-order valence-corrected chi connectivity index (χ3v) is 4.03. The maximum atomic E-state index is 11.7. The second-order valence-electron chi connectivity index (χ2n) is 5.05. The van der Waals surface area contributed by atoms with Crippen LogP contribution in [0.2, 0.25) is 0 Å². The highest BCUT2D eigenvalue weighted by molar-refractivity contribution is 6.04. The van der Waals surface area contributed by atoms with E-state index in [0.29, 0.717) is 5.78 Å². The molecule has 1 aromatic rings. The molecule has 0 unspecified atom stereocenters. The molecule has 1 fully saturated rings. The second kappa shape index (κ2) is 3.58. The topological polar surface area (TPSA) is 17.1 Å². The lowest BCUT2D eigenvalue weighted by molar-refractivity contribution is -0.115. The molecule has 16 heavy (non-hydrogen) atoms. The van der Waals surface area contributed by atoms with Gasteiger partial charge in [-0.15, -0.1) is 0 Å². The quantitative estimate of drug-likeness (QED) is 0.695. The fourth-order valence-electron chi connectivity index (χ4n) is 3.30. The minimum absolute atomic E-state index is 0.193. The van der Waals surface area contributed by atoms with Gasteiger partial charge in [0.1, 0.15) is 0 Å². The van der Waals surface area contributed by atoms with E-state index >= 15 is 0 Å². The van der Waals surface area contributed by atoms with E-state index in [0.717, 1.165) is 6.42 Å². The van der Waals surface area contributed by atoms with Gasteiger partial charge in [0.15, 0.2) is 5.78 Å². The number of hydrogen-bond donors (Lipinski definition) is 0. The predicted molar refractivity (Wildman–Crippen MR) is 64.9 cm³/mol. The first-order valence-corrected chi connectivity index (χ1v) is 6.11. The number of allylic oxidation sites excluding steroid dienone is 2. The average Bonchev–Trinajstić information content (AvgIpc) is 2.89. The van der Waals surface area contributed by atoms with Gasteiger partial charge in [0.2, 0.25) is 0 Å². The van der Waals surface area contributed by atoms with Gasteiger partial charge in [0.25, 0.3) is 0 Å². The van der Waals surface area contributed by atoms with Crippen LogP contribution in [0.25, 0.3) is 5.57 Å². The SMILES string of the molecule is O=C1C=C(c2ccccc2)C2(CCCC2)C1. The first-order valence-electron chi connectivity index (χ1n) is 6.11. The van der Waals surface area contributed by atoms with E-state index in [1.54, 1.807) is 0 Å². The summed E-state index contributed by atoms with van der Waals surface area (Å²) in [6, 6.07) is 10.4. The highest BCUT2D eigenvalue weighted by Gasteiger charge is 2.43. The molecule has 0 bridgehead atoms. The zero-order valence-corrected chi connectivity index (χ0v) is 9.41. The molecule has 1 saturated carbocycles. The maximum absolute atomic E-state index is 11.7. The van der Waals surface area contributed by atoms with Gasteiger partial charge in [-0.2, -0.15) is 0 Å². The van der Waals surface area contributed by atoms with Crippen LogP contribution in [-0.4, -0.2) is 5.78 Å². The summed E-state index contributed by atoms with van der Waals surface area (Å²) in [5.74, 6) is 0.320. The molecule has 0 aromatic heterocycles. The van der Waals surface area contributed by atoms with Crippen molar-refractivity contribution >= 4 is 11.4 Å². The van der Waals surface area contributed by atoms with E-state index in [2.05, 4.69) is 24.3 Å². The van der Waals surface area contributed by atoms with Crippen LogP contribution in [-0.2, 0) is 4.79 Å². The number of carbonyl (C=O) groups is 1. The Hall–Kier alpha value is -1.37. The molecular formula is C15H16O. The first kappa shape index (κ1) is 9.83. The lowest BCUT2D eigenvalue weighted by Gasteiger charge is -2.26. The van der Waals surface area contributed by atoms with Crippen LogP contribution in [0.4, 0.5) is 0 Å². The summed E-state index contributed by atoms with van der Waals surface area (Å²) in [6.45, 7) is 0. The Bertz CT molecular complexity index is 436. The Morgan fingerprint density at radius 2 is 1.69 bits per heavy atom. The Kier molecular flexibility index (Phi) is 2.20. The van der Waals surface area contributed by atoms with E-state index in [1.165, 1.54) is 36.8 Å². The van der Waals surface area contributed by atoms with Crippen LogP contribution in [0.5, 0.6) is 0 Å². The Labute approximate surface area is 96.2 Å². The average molecular weight is 212 g/mol. The Morgan fingerprint density at radius 3 is 2.38 bits per heavy atom. The van der Waals surface area contributed by atoms with Gasteiger partial charge in [0, 0.05) is 11.8 Å². The molecule has 0 aliphatic heterocycles. The summed E-state index contributed by atoms with van der Waals surface area (Å²) in [6.07, 6.45) is 7.58. The molecule has 0 amide bonds. The van der Waals surface area contributed by atoms with Crippen molar-refractivity contribution in [1.82, 2.24) is 0 Å². The summed E-state index contributed by atoms with van der Waals surface area (Å²) < 4.78 is 0. The molecule has 1 heteroatoms. The van der Waals surface area contributed by atoms with Crippen molar-refractivity contribution < 1.29 is 4.79 Å². The highest BCUT2D eigenvalue weighted by atomic mass is 16.1. The number of rotatable bonds is 1. The van der Waals surface area contributed by atoms with E-state index in [4.69, 9.17) is 0 Å². The highest BCUT2D eigenvalue weighted by Crippen LogP contribution is 2.54. The molecule has 3 rings (SSSR count). The molecule has 2 aliphatic carbocycles. The van der Waals surface area contributed by atoms with Crippen LogP contribution in [0.1, 0.15) is 37.7 Å². The van der Waals surface area contributed by atoms with Gasteiger partial charge in [-0.3, -0.25) is 4.79 Å². The molecule has 0 N–H and O–H groups in total. The summed E-state index contributed by atoms with van der Waals surface area (Å²) in [7, 11) is 0. The van der Waals surface area contributed by atoms with Gasteiger partial charge < -0.3 is 0 Å². The predicted octanol–water partition coefficient (Wildman–Crippen LogP) is 3.60. The van der Waals surface area contributed by atoms with Gasteiger partial charge in [-0.1, -0.05) is 43.2 Å². The van der Waals surface area contributed by atoms with Crippen molar-refractivity contribution in [2.45, 2.75) is 32.1 Å². The van der Waals surface area contributed by atoms with Crippen LogP contribution in [0, 0.1) is 5.41 Å². The van der Waals surface area contributed by atoms with Crippen molar-refractivity contribution in [3.63, 3.8) is 0 Å². The molecule has 0 heterocycles. The maximum Gasteiger partial charge on any atom is 0.156 e. The monoisotopic (exact) mass is 212 g/mol. The molecule has 2 aliphatic rings. The summed E-state index contributed by atoms with van der Waals surface area (Å²) in [5, 5.41) is 0. The summed E-state index contributed by atoms with van der Waals surface area (Å²) in [5.41, 5.74) is 2.74. The smallest absolute Gasteiger partial charge is 0.156 e. The standard InChI is InChI=1S/C15H16O/c16-13-10-14(12-6-2-1-3-7-12)15(11-13)8-4-5-9-15/h1-3,6-7,10H,4-5,8-9,11H2. The molecule has 0 atom stereocenters. The van der Waals surface area contributed by atoms with Crippen LogP contribution in [0.15, 0.2) is 36.4 Å². The van der Waals surface area contributed by atoms with Crippen molar-refractivity contribution in [2.75, 3.05) is 0 Å². The lowest BCUT2D eigenvalue weighted by Crippen LogP contribution is -2.15. The Balaban J connectivity index is 2.05. The van der Waals surface area contributed by atoms with Gasteiger partial charge in [-0.25, -0.2) is 0 Å². The summed E-state index contributed by atoms with van der Waals surface area (Å²) in [4.78, 5) is 11.7. The Morgan fingerprint density at radius 1 is 1.00 bits per heavy atom. The van der Waals surface area contributed by atoms with Crippen LogP contribution < -0.4 is 0 Å². The van der Waals surface area contributed by atoms with E-state index < -0.39 is 0 Å². The first-order chi connectivity index (χ1) is 7.80. The molecule has 0 saturated heterocycles. The van der Waals surface area contributed by atoms with Crippen molar-refractivity contribution in [1.29, 1.82) is 0 Å². The summed E-state index contributed by atoms with van der Waals surface area (Å²) >= 11 is 0. The fraction of sp³-hybridized carbons (Fsp3) is 0.400. The molecule has 0 radical (unpaired) electrons. The van der Waals surface area contributed by atoms with Gasteiger partial charge in [0.05, 0.1) is 0 Å². The fourth-order valence-corrected chi connectivity index (χ4v) is 3.30. The van der Waals surface area contributed by atoms with E-state index in [9.17, 15) is 4.79 Å². The second-order valence-corrected chi connectivity index (χ2v) is 5.05. The number of ketones is 1. The minimum atomic E-state index is 0.193. The van der Waals surface area contributed by atoms with Crippen molar-refractivity contribution in [3.05, 3.63) is 42.0 Å². The molecule has 1 aromatic carbocycles. The number of benzene rings is 1. The molecule has 1 spiro atoms. The lowest BCUT2D eigenvalue weighted by atomic mass is 9.77. The number of hydrogen-bond acceptors (Lipinski definition) is 1. The normalized spacial score (nSPS) is 22.8. The zero-order chi connectivity index (χ0) is 11.0. The van der Waals surface area contributed by atoms with Gasteiger partial charge in [-0.05, 0) is 30.1 Å². The zero-order valence-electron chi connectivity index (χ0n) is 9.41. The minimum Gasteiger partial charge on any atom is -0.295 e. The van der Waals surface area contributed by atoms with Crippen molar-refractivity contribution in [3.8, 4) is 0 Å². The van der Waals surface area contributed by atoms with Crippen LogP contribution >= 0.6 is 0 Å². The third kappa shape index (κ3) is 1.42. The molecular weight excluding hydrogens is 196 g/mol. The van der Waals surface area contributed by atoms with Crippen molar-refractivity contribution in [2.24, 2.45) is 5.41 Å².